The lowest BCUT2D eigenvalue weighted by atomic mass is 10.1. The molecule has 0 saturated heterocycles. The molecule has 63 valence electrons. The lowest BCUT2D eigenvalue weighted by Gasteiger charge is -1.98. The van der Waals surface area contributed by atoms with Crippen molar-refractivity contribution in [1.29, 1.82) is 0 Å². The molecular formula is C13H11. The highest BCUT2D eigenvalue weighted by molar-refractivity contribution is 5.84. The van der Waals surface area contributed by atoms with Gasteiger partial charge in [0.05, 0.1) is 0 Å². The quantitative estimate of drug-likeness (QED) is 0.607. The summed E-state index contributed by atoms with van der Waals surface area (Å²) in [7, 11) is 0. The maximum Gasteiger partial charge on any atom is -0.0178 e. The van der Waals surface area contributed by atoms with Gasteiger partial charge in [-0.1, -0.05) is 42.5 Å². The molecule has 0 heteroatoms. The molecule has 0 aliphatic carbocycles. The first-order valence-electron chi connectivity index (χ1n) is 4.39. The van der Waals surface area contributed by atoms with Gasteiger partial charge >= 0.3 is 0 Å². The molecule has 1 radical (unpaired) electrons. The van der Waals surface area contributed by atoms with Gasteiger partial charge in [-0.2, -0.15) is 0 Å². The van der Waals surface area contributed by atoms with Crippen LogP contribution in [-0.4, -0.2) is 0 Å². The van der Waals surface area contributed by atoms with Crippen LogP contribution in [0.2, 0.25) is 0 Å². The molecule has 2 rings (SSSR count). The van der Waals surface area contributed by atoms with Gasteiger partial charge in [0.2, 0.25) is 0 Å². The van der Waals surface area contributed by atoms with E-state index in [9.17, 15) is 0 Å². The number of fused-ring (bicyclic) bond motifs is 1. The smallest absolute Gasteiger partial charge is 0.0178 e. The fourth-order valence-electron chi connectivity index (χ4n) is 1.46. The van der Waals surface area contributed by atoms with Gasteiger partial charge < -0.3 is 0 Å². The van der Waals surface area contributed by atoms with Gasteiger partial charge in [0.25, 0.3) is 0 Å². The van der Waals surface area contributed by atoms with Crippen LogP contribution >= 0.6 is 0 Å². The van der Waals surface area contributed by atoms with Gasteiger partial charge in [-0.05, 0) is 35.4 Å². The van der Waals surface area contributed by atoms with Crippen LogP contribution in [0.3, 0.4) is 0 Å². The van der Waals surface area contributed by atoms with Crippen LogP contribution < -0.4 is 0 Å². The monoisotopic (exact) mass is 167 g/mol. The van der Waals surface area contributed by atoms with Crippen LogP contribution in [0.25, 0.3) is 16.8 Å². The molecule has 0 saturated carbocycles. The maximum absolute atomic E-state index is 3.02. The molecule has 13 heavy (non-hydrogen) atoms. The maximum atomic E-state index is 3.02. The Labute approximate surface area is 78.5 Å². The highest BCUT2D eigenvalue weighted by atomic mass is 14.0. The molecule has 0 aromatic heterocycles. The minimum absolute atomic E-state index is 1.21. The molecular weight excluding hydrogens is 156 g/mol. The van der Waals surface area contributed by atoms with E-state index in [1.807, 2.05) is 13.0 Å². The molecule has 0 atom stereocenters. The Hall–Kier alpha value is -1.56. The van der Waals surface area contributed by atoms with Crippen molar-refractivity contribution in [1.82, 2.24) is 0 Å². The van der Waals surface area contributed by atoms with Crippen molar-refractivity contribution in [2.75, 3.05) is 0 Å². The number of rotatable bonds is 1. The Bertz CT molecular complexity index is 438. The minimum Gasteiger partial charge on any atom is -0.0616 e. The van der Waals surface area contributed by atoms with E-state index in [2.05, 4.69) is 48.5 Å². The van der Waals surface area contributed by atoms with Crippen LogP contribution in [0.15, 0.2) is 42.5 Å². The largest absolute Gasteiger partial charge is 0.0616 e. The summed E-state index contributed by atoms with van der Waals surface area (Å²) in [5.41, 5.74) is 1.21. The third kappa shape index (κ3) is 1.62. The normalized spacial score (nSPS) is 11.2. The van der Waals surface area contributed by atoms with E-state index in [1.165, 1.54) is 16.3 Å². The van der Waals surface area contributed by atoms with E-state index in [0.717, 1.165) is 0 Å². The molecule has 0 aliphatic heterocycles. The van der Waals surface area contributed by atoms with Crippen LogP contribution in [0.4, 0.5) is 0 Å². The van der Waals surface area contributed by atoms with Crippen molar-refractivity contribution >= 4 is 16.8 Å². The Morgan fingerprint density at radius 2 is 1.77 bits per heavy atom. The molecule has 2 aromatic rings. The summed E-state index contributed by atoms with van der Waals surface area (Å²) in [6.07, 6.45) is 5.02. The van der Waals surface area contributed by atoms with Gasteiger partial charge in [0, 0.05) is 0 Å². The zero-order valence-corrected chi connectivity index (χ0v) is 7.62. The van der Waals surface area contributed by atoms with E-state index in [4.69, 9.17) is 0 Å². The molecule has 0 N–H and O–H groups in total. The van der Waals surface area contributed by atoms with Crippen LogP contribution in [-0.2, 0) is 0 Å². The summed E-state index contributed by atoms with van der Waals surface area (Å²) in [5, 5.41) is 2.57. The van der Waals surface area contributed by atoms with E-state index < -0.39 is 0 Å². The first-order chi connectivity index (χ1) is 6.40. The van der Waals surface area contributed by atoms with E-state index in [0.29, 0.717) is 0 Å². The predicted octanol–water partition coefficient (Wildman–Crippen LogP) is 3.68. The van der Waals surface area contributed by atoms with Gasteiger partial charge in [-0.3, -0.25) is 0 Å². The number of hydrogen-bond donors (Lipinski definition) is 0. The summed E-state index contributed by atoms with van der Waals surface area (Å²) < 4.78 is 0. The highest BCUT2D eigenvalue weighted by Gasteiger charge is 1.91. The van der Waals surface area contributed by atoms with E-state index >= 15 is 0 Å². The first-order valence-corrected chi connectivity index (χ1v) is 4.39. The fourth-order valence-corrected chi connectivity index (χ4v) is 1.46. The van der Waals surface area contributed by atoms with Gasteiger partial charge in [-0.15, -0.1) is 0 Å². The molecule has 0 aliphatic rings. The SMILES string of the molecule is C[C]=Cc1ccc2ccccc2c1. The molecule has 0 bridgehead atoms. The lowest BCUT2D eigenvalue weighted by molar-refractivity contribution is 1.65. The lowest BCUT2D eigenvalue weighted by Crippen LogP contribution is -1.74. The van der Waals surface area contributed by atoms with Crippen molar-refractivity contribution in [3.8, 4) is 0 Å². The highest BCUT2D eigenvalue weighted by Crippen LogP contribution is 2.16. The Balaban J connectivity index is 2.62. The fraction of sp³-hybridized carbons (Fsp3) is 0.0769. The van der Waals surface area contributed by atoms with Gasteiger partial charge in [0.1, 0.15) is 0 Å². The Morgan fingerprint density at radius 1 is 1.00 bits per heavy atom. The molecule has 0 heterocycles. The van der Waals surface area contributed by atoms with Crippen molar-refractivity contribution in [2.24, 2.45) is 0 Å². The molecule has 2 aromatic carbocycles. The van der Waals surface area contributed by atoms with Crippen molar-refractivity contribution in [3.05, 3.63) is 54.1 Å². The molecule has 0 nitrogen and oxygen atoms in total. The first kappa shape index (κ1) is 8.06. The Kier molecular flexibility index (Phi) is 2.13. The molecule has 0 unspecified atom stereocenters. The second kappa shape index (κ2) is 3.44. The second-order valence-corrected chi connectivity index (χ2v) is 3.04. The molecule has 0 fully saturated rings. The molecule has 0 spiro atoms. The van der Waals surface area contributed by atoms with Crippen LogP contribution in [0, 0.1) is 6.08 Å². The Morgan fingerprint density at radius 3 is 2.54 bits per heavy atom. The van der Waals surface area contributed by atoms with Crippen molar-refractivity contribution in [3.63, 3.8) is 0 Å². The zero-order chi connectivity index (χ0) is 9.10. The summed E-state index contributed by atoms with van der Waals surface area (Å²) in [6, 6.07) is 14.8. The van der Waals surface area contributed by atoms with Gasteiger partial charge in [0.15, 0.2) is 0 Å². The van der Waals surface area contributed by atoms with E-state index in [1.54, 1.807) is 0 Å². The van der Waals surface area contributed by atoms with Crippen molar-refractivity contribution in [2.45, 2.75) is 6.92 Å². The van der Waals surface area contributed by atoms with E-state index in [-0.39, 0.29) is 0 Å². The third-order valence-corrected chi connectivity index (χ3v) is 2.08. The second-order valence-electron chi connectivity index (χ2n) is 3.04. The summed E-state index contributed by atoms with van der Waals surface area (Å²) in [5.74, 6) is 0. The number of allylic oxidation sites excluding steroid dienone is 1. The van der Waals surface area contributed by atoms with Crippen molar-refractivity contribution < 1.29 is 0 Å². The number of hydrogen-bond acceptors (Lipinski definition) is 0. The average molecular weight is 167 g/mol. The minimum atomic E-state index is 1.21. The summed E-state index contributed by atoms with van der Waals surface area (Å²) in [4.78, 5) is 0. The third-order valence-electron chi connectivity index (χ3n) is 2.08. The standard InChI is InChI=1S/C13H11/c1-2-5-11-8-9-12-6-3-4-7-13(12)10-11/h3-10H,1H3. The predicted molar refractivity (Wildman–Crippen MR) is 57.3 cm³/mol. The summed E-state index contributed by atoms with van der Waals surface area (Å²) in [6.45, 7) is 1.91. The van der Waals surface area contributed by atoms with Crippen LogP contribution in [0.5, 0.6) is 0 Å². The summed E-state index contributed by atoms with van der Waals surface area (Å²) >= 11 is 0. The topological polar surface area (TPSA) is 0 Å². The molecule has 0 amide bonds. The number of benzene rings is 2. The zero-order valence-electron chi connectivity index (χ0n) is 7.62. The van der Waals surface area contributed by atoms with Crippen LogP contribution in [0.1, 0.15) is 12.5 Å². The average Bonchev–Trinajstić information content (AvgIpc) is 2.18. The van der Waals surface area contributed by atoms with Gasteiger partial charge in [-0.25, -0.2) is 0 Å².